The highest BCUT2D eigenvalue weighted by Gasteiger charge is 2.34. The van der Waals surface area contributed by atoms with E-state index in [2.05, 4.69) is 118 Å². The van der Waals surface area contributed by atoms with Gasteiger partial charge in [-0.05, 0) is 207 Å². The molecule has 0 fully saturated rings. The zero-order chi connectivity index (χ0) is 92.8. The van der Waals surface area contributed by atoms with Gasteiger partial charge in [0.1, 0.15) is 17.2 Å². The van der Waals surface area contributed by atoms with Gasteiger partial charge in [-0.15, -0.1) is 39.5 Å². The van der Waals surface area contributed by atoms with E-state index in [4.69, 9.17) is 0 Å². The molecule has 0 spiro atoms. The van der Waals surface area contributed by atoms with E-state index in [0.717, 1.165) is 72.3 Å². The number of aromatic amines is 5. The summed E-state index contributed by atoms with van der Waals surface area (Å²) in [4.78, 5) is 142. The Morgan fingerprint density at radius 2 is 0.654 bits per heavy atom. The minimum atomic E-state index is -4.79. The number of aryl methyl sites for hydroxylation is 8. The van der Waals surface area contributed by atoms with Crippen LogP contribution < -0.4 is 80.5 Å². The Morgan fingerprint density at radius 3 is 1.04 bits per heavy atom. The average molecular weight is 1790 g/mol. The number of alkyl halides is 9. The van der Waals surface area contributed by atoms with Gasteiger partial charge in [-0.25, -0.2) is 39.1 Å². The first kappa shape index (κ1) is 91.2. The normalized spacial score (nSPS) is 11.9. The van der Waals surface area contributed by atoms with Crippen molar-refractivity contribution in [3.05, 3.63) is 302 Å². The maximum Gasteiger partial charge on any atom is 0.573 e. The van der Waals surface area contributed by atoms with Crippen LogP contribution in [-0.2, 0) is 52.4 Å². The van der Waals surface area contributed by atoms with Crippen molar-refractivity contribution in [2.75, 3.05) is 26.2 Å². The molecule has 130 heavy (non-hydrogen) atoms. The summed E-state index contributed by atoms with van der Waals surface area (Å²) < 4.78 is 131. The van der Waals surface area contributed by atoms with Gasteiger partial charge in [0.15, 0.2) is 46.1 Å². The highest BCUT2D eigenvalue weighted by Crippen LogP contribution is 2.32. The van der Waals surface area contributed by atoms with Gasteiger partial charge in [0.2, 0.25) is 0 Å². The second kappa shape index (κ2) is 38.3. The van der Waals surface area contributed by atoms with Crippen LogP contribution in [0.1, 0.15) is 66.9 Å². The number of halogens is 9. The van der Waals surface area contributed by atoms with Gasteiger partial charge in [0.05, 0.1) is 44.1 Å². The average Bonchev–Trinajstić information content (AvgIpc) is 0.854. The molecule has 8 aromatic carbocycles. The standard InChI is InChI=1S/C23H22N6O2.3C22H20F3N5O3/c1-13-9-18-19(10-14(13)2)29(21-20(26-18)22(30)28-23(31)27-21)8-7-24-12-16-11-15-5-3-4-6-17(15)25-16;1-12-9-16-17(10-13(12)2)30(19-18(27-16)20(31)29-21(32)28-19)8-7-26-11-14-3-5-15(6-4-14)33-22(23,24)25;1-12-8-16-17(9-13(12)2)30(19-18(27-16)20(31)29-21(32)28-19)7-6-26-11-14-4-3-5-15(10-14)33-22(23,24)25;1-12-9-15-16(10-13(12)2)30(19-18(27-15)20(31)29-21(32)28-19)8-7-26-11-14-5-3-4-6-17(14)33-22(23,24)25/h3-6,9-11,24-25H,7-8,12H2,1-2H3,(H,28,30,31);3-6,9-10,26H,7-8,11H2,1-2H3,(H,29,31,32);3-5,8-10,26H,6-7,11H2,1-2H3,(H,29,31,32);3-6,9-10,26H,7-8,11H2,1-2H3,(H,29,31,32). The number of H-pyrrole nitrogens is 5. The largest absolute Gasteiger partial charge is 0.573 e. The van der Waals surface area contributed by atoms with E-state index in [-0.39, 0.29) is 77.1 Å². The summed E-state index contributed by atoms with van der Waals surface area (Å²) in [6.45, 7) is 20.5. The lowest BCUT2D eigenvalue weighted by Crippen LogP contribution is -2.30. The van der Waals surface area contributed by atoms with Crippen LogP contribution in [0.4, 0.5) is 39.5 Å². The molecule has 0 bridgehead atoms. The first-order valence-electron chi connectivity index (χ1n) is 40.4. The number of nitrogens with one attached hydrogen (secondary N) is 9. The number of aromatic nitrogens is 17. The first-order valence-corrected chi connectivity index (χ1v) is 40.4. The van der Waals surface area contributed by atoms with E-state index in [1.54, 1.807) is 25.8 Å². The molecule has 8 aliphatic rings. The summed E-state index contributed by atoms with van der Waals surface area (Å²) in [5, 5.41) is 14.1. The number of hydrogen-bond acceptors (Lipinski definition) is 23. The lowest BCUT2D eigenvalue weighted by atomic mass is 10.1. The molecule has 0 radical (unpaired) electrons. The molecule has 0 atom stereocenters. The molecule has 672 valence electrons. The number of nitrogens with zero attached hydrogens (tertiary/aromatic N) is 12. The van der Waals surface area contributed by atoms with Crippen LogP contribution in [0.25, 0.3) is 101 Å². The zero-order valence-corrected chi connectivity index (χ0v) is 70.7. The summed E-state index contributed by atoms with van der Waals surface area (Å²) in [6.07, 6.45) is -14.3. The predicted molar refractivity (Wildman–Crippen MR) is 467 cm³/mol. The van der Waals surface area contributed by atoms with E-state index >= 15 is 0 Å². The van der Waals surface area contributed by atoms with Gasteiger partial charge in [-0.3, -0.25) is 39.1 Å². The van der Waals surface area contributed by atoms with Crippen LogP contribution in [-0.4, -0.2) is 128 Å². The van der Waals surface area contributed by atoms with Crippen molar-refractivity contribution in [2.24, 2.45) is 0 Å². The van der Waals surface area contributed by atoms with E-state index < -0.39 is 64.1 Å². The molecule has 41 heteroatoms. The van der Waals surface area contributed by atoms with Crippen LogP contribution in [0.5, 0.6) is 17.2 Å². The highest BCUT2D eigenvalue weighted by atomic mass is 19.4. The molecule has 17 rings (SSSR count). The fourth-order valence-electron chi connectivity index (χ4n) is 14.5. The van der Waals surface area contributed by atoms with Gasteiger partial charge in [0, 0.05) is 95.3 Å². The van der Waals surface area contributed by atoms with E-state index in [9.17, 15) is 77.9 Å². The minimum absolute atomic E-state index is 0.0364. The Labute approximate surface area is 728 Å². The zero-order valence-electron chi connectivity index (χ0n) is 70.7. The maximum atomic E-state index is 12.6. The molecule has 9 N–H and O–H groups in total. The summed E-state index contributed by atoms with van der Waals surface area (Å²) in [5.41, 5.74) is 12.6. The Morgan fingerprint density at radius 1 is 0.315 bits per heavy atom. The molecular weight excluding hydrogens is 1710 g/mol. The van der Waals surface area contributed by atoms with E-state index in [1.807, 2.05) is 121 Å². The Balaban J connectivity index is 0.000000140. The van der Waals surface area contributed by atoms with Gasteiger partial charge in [-0.2, -0.15) is 19.9 Å². The quantitative estimate of drug-likeness (QED) is 0.0163. The molecule has 0 aliphatic carbocycles. The van der Waals surface area contributed by atoms with Crippen LogP contribution in [0.2, 0.25) is 0 Å². The van der Waals surface area contributed by atoms with Crippen LogP contribution in [0, 0.1) is 55.4 Å². The third-order valence-corrected chi connectivity index (χ3v) is 21.3. The molecular formula is C89H82F9N21O11. The van der Waals surface area contributed by atoms with Gasteiger partial charge < -0.3 is 58.7 Å². The summed E-state index contributed by atoms with van der Waals surface area (Å²) >= 11 is 0. The van der Waals surface area contributed by atoms with Crippen LogP contribution >= 0.6 is 0 Å². The smallest absolute Gasteiger partial charge is 0.406 e. The third kappa shape index (κ3) is 22.0. The predicted octanol–water partition coefficient (Wildman–Crippen LogP) is 11.1. The highest BCUT2D eigenvalue weighted by molar-refractivity contribution is 5.85. The van der Waals surface area contributed by atoms with E-state index in [1.165, 1.54) is 66.0 Å². The summed E-state index contributed by atoms with van der Waals surface area (Å²) in [6, 6.07) is 42.8. The Bertz CT molecular complexity index is 7450. The topological polar surface area (TPSA) is 414 Å². The van der Waals surface area contributed by atoms with Crippen LogP contribution in [0.15, 0.2) is 190 Å². The van der Waals surface area contributed by atoms with Crippen molar-refractivity contribution in [3.8, 4) is 63.3 Å². The summed E-state index contributed by atoms with van der Waals surface area (Å²) in [5.74, 6) is -0.0532. The number of benzene rings is 8. The lowest BCUT2D eigenvalue weighted by molar-refractivity contribution is -0.275. The van der Waals surface area contributed by atoms with Crippen molar-refractivity contribution in [3.63, 3.8) is 0 Å². The fourth-order valence-corrected chi connectivity index (χ4v) is 14.5. The minimum Gasteiger partial charge on any atom is -0.406 e. The number of ether oxygens (including phenoxy) is 3. The van der Waals surface area contributed by atoms with Gasteiger partial charge in [-0.1, -0.05) is 60.7 Å². The Kier molecular flexibility index (Phi) is 26.9. The van der Waals surface area contributed by atoms with Crippen molar-refractivity contribution in [1.82, 2.24) is 104 Å². The number of fused-ring (bicyclic) bond motifs is 9. The summed E-state index contributed by atoms with van der Waals surface area (Å²) in [7, 11) is 0. The number of hydrogen-bond donors (Lipinski definition) is 9. The first-order chi connectivity index (χ1) is 61.8. The second-order valence-corrected chi connectivity index (χ2v) is 30.6. The molecule has 32 nitrogen and oxygen atoms in total. The molecule has 9 aromatic rings. The van der Waals surface area contributed by atoms with Crippen LogP contribution in [0.3, 0.4) is 0 Å². The lowest BCUT2D eigenvalue weighted by Gasteiger charge is -2.18. The van der Waals surface area contributed by atoms with Crippen molar-refractivity contribution < 1.29 is 53.7 Å². The molecule has 0 amide bonds. The van der Waals surface area contributed by atoms with E-state index in [0.29, 0.717) is 109 Å². The molecule has 8 aliphatic heterocycles. The molecule has 0 saturated carbocycles. The maximum absolute atomic E-state index is 12.6. The second-order valence-electron chi connectivity index (χ2n) is 30.6. The van der Waals surface area contributed by atoms with Gasteiger partial charge >= 0.3 is 41.8 Å². The number of para-hydroxylation sites is 2. The Hall–Kier alpha value is -15.0. The van der Waals surface area contributed by atoms with Crippen molar-refractivity contribution >= 4 is 55.0 Å². The SMILES string of the molecule is Cc1cc2nc3c(=O)[nH]c(=O)nc-3n(CCNCc3cc4ccccc4[nH]3)c2cc1C.Cc1cc2nc3c(=O)[nH]c(=O)nc-3n(CCNCc3ccc(OC(F)(F)F)cc3)c2cc1C.Cc1cc2nc3c(=O)[nH]c(=O)nc-3n(CCNCc3cccc(OC(F)(F)F)c3)c2cc1C.Cc1cc2nc3c(=O)[nH]c(=O)nc-3n(CCNCc3ccccc3OC(F)(F)F)c2cc1C. The number of rotatable bonds is 23. The molecule has 1 aromatic heterocycles. The van der Waals surface area contributed by atoms with Gasteiger partial charge in [0.25, 0.3) is 22.2 Å². The monoisotopic (exact) mass is 1790 g/mol. The third-order valence-electron chi connectivity index (χ3n) is 21.3. The van der Waals surface area contributed by atoms with Crippen molar-refractivity contribution in [1.29, 1.82) is 0 Å². The van der Waals surface area contributed by atoms with Crippen molar-refractivity contribution in [2.45, 2.75) is 127 Å². The molecule has 9 heterocycles. The molecule has 0 saturated heterocycles. The molecule has 0 unspecified atom stereocenters. The fraction of sp³-hybridized carbons (Fsp3) is 0.258.